The lowest BCUT2D eigenvalue weighted by atomic mass is 10.1. The molecule has 2 aromatic carbocycles. The number of para-hydroxylation sites is 1. The van der Waals surface area contributed by atoms with Gasteiger partial charge in [-0.15, -0.1) is 0 Å². The summed E-state index contributed by atoms with van der Waals surface area (Å²) in [6, 6.07) is 14.9. The number of rotatable bonds is 2. The van der Waals surface area contributed by atoms with Gasteiger partial charge in [0.25, 0.3) is 0 Å². The quantitative estimate of drug-likeness (QED) is 0.708. The molecule has 0 radical (unpaired) electrons. The smallest absolute Gasteiger partial charge is 0.211 e. The lowest BCUT2D eigenvalue weighted by molar-refractivity contribution is 0.103. The van der Waals surface area contributed by atoms with Crippen LogP contribution in [0, 0.1) is 0 Å². The van der Waals surface area contributed by atoms with E-state index in [9.17, 15) is 4.79 Å². The van der Waals surface area contributed by atoms with Crippen molar-refractivity contribution in [1.29, 1.82) is 0 Å². The minimum atomic E-state index is -0.0961. The second-order valence-corrected chi connectivity index (χ2v) is 5.21. The average Bonchev–Trinajstić information content (AvgIpc) is 2.77. The van der Waals surface area contributed by atoms with Gasteiger partial charge in [-0.25, -0.2) is 0 Å². The highest BCUT2D eigenvalue weighted by Crippen LogP contribution is 2.26. The van der Waals surface area contributed by atoms with Gasteiger partial charge in [-0.1, -0.05) is 34.1 Å². The van der Waals surface area contributed by atoms with Gasteiger partial charge in [-0.3, -0.25) is 4.79 Å². The number of fused-ring (bicyclic) bond motifs is 1. The third-order valence-electron chi connectivity index (χ3n) is 3.08. The second-order valence-electron chi connectivity index (χ2n) is 4.30. The van der Waals surface area contributed by atoms with Crippen LogP contribution in [0.4, 0.5) is 5.69 Å². The molecule has 0 atom stereocenters. The van der Waals surface area contributed by atoms with E-state index in [0.29, 0.717) is 16.9 Å². The van der Waals surface area contributed by atoms with Gasteiger partial charge in [0.2, 0.25) is 5.78 Å². The Bertz CT molecular complexity index is 759. The maximum atomic E-state index is 12.4. The number of ketones is 1. The Kier molecular flexibility index (Phi) is 2.87. The topological polar surface area (TPSA) is 58.9 Å². The molecule has 3 rings (SSSR count). The molecule has 0 aliphatic rings. The van der Waals surface area contributed by atoms with Crippen molar-refractivity contribution in [2.24, 2.45) is 0 Å². The first kappa shape index (κ1) is 12.0. The zero-order valence-corrected chi connectivity index (χ0v) is 11.6. The van der Waals surface area contributed by atoms with Crippen molar-refractivity contribution >= 4 is 38.3 Å². The number of benzene rings is 2. The van der Waals surface area contributed by atoms with Crippen LogP contribution in [0.2, 0.25) is 0 Å². The predicted molar refractivity (Wildman–Crippen MR) is 80.3 cm³/mol. The zero-order valence-electron chi connectivity index (χ0n) is 9.98. The first-order chi connectivity index (χ1) is 9.16. The van der Waals surface area contributed by atoms with E-state index in [1.165, 1.54) is 0 Å². The van der Waals surface area contributed by atoms with Gasteiger partial charge in [-0.05, 0) is 30.3 Å². The van der Waals surface area contributed by atoms with Crippen molar-refractivity contribution < 1.29 is 4.79 Å². The first-order valence-electron chi connectivity index (χ1n) is 5.83. The highest BCUT2D eigenvalue weighted by molar-refractivity contribution is 9.10. The Morgan fingerprint density at radius 2 is 1.74 bits per heavy atom. The Labute approximate surface area is 118 Å². The van der Waals surface area contributed by atoms with Crippen molar-refractivity contribution in [1.82, 2.24) is 4.98 Å². The minimum absolute atomic E-state index is 0.0961. The summed E-state index contributed by atoms with van der Waals surface area (Å²) in [5, 5.41) is 0.878. The first-order valence-corrected chi connectivity index (χ1v) is 6.62. The van der Waals surface area contributed by atoms with Crippen LogP contribution in [0.1, 0.15) is 16.1 Å². The molecule has 94 valence electrons. The van der Waals surface area contributed by atoms with Crippen LogP contribution >= 0.6 is 15.9 Å². The molecule has 4 heteroatoms. The Morgan fingerprint density at radius 3 is 2.42 bits per heavy atom. The molecule has 0 unspecified atom stereocenters. The van der Waals surface area contributed by atoms with Gasteiger partial charge in [0.05, 0.1) is 5.69 Å². The third kappa shape index (κ3) is 2.04. The maximum absolute atomic E-state index is 12.4. The molecule has 0 fully saturated rings. The number of nitrogen functional groups attached to an aromatic ring is 1. The fourth-order valence-electron chi connectivity index (χ4n) is 2.09. The molecule has 0 aliphatic carbocycles. The van der Waals surface area contributed by atoms with E-state index in [1.807, 2.05) is 36.4 Å². The summed E-state index contributed by atoms with van der Waals surface area (Å²) in [7, 11) is 0. The van der Waals surface area contributed by atoms with Crippen LogP contribution in [0.15, 0.2) is 53.0 Å². The summed E-state index contributed by atoms with van der Waals surface area (Å²) in [6.07, 6.45) is 0. The normalized spacial score (nSPS) is 10.8. The molecule has 3 aromatic rings. The largest absolute Gasteiger partial charge is 0.396 e. The molecule has 1 heterocycles. The van der Waals surface area contributed by atoms with Crippen molar-refractivity contribution in [3.63, 3.8) is 0 Å². The van der Waals surface area contributed by atoms with Crippen molar-refractivity contribution in [3.05, 3.63) is 64.3 Å². The number of carbonyl (C=O) groups excluding carboxylic acids is 1. The van der Waals surface area contributed by atoms with Crippen LogP contribution in [0.25, 0.3) is 10.9 Å². The van der Waals surface area contributed by atoms with E-state index in [2.05, 4.69) is 20.9 Å². The summed E-state index contributed by atoms with van der Waals surface area (Å²) < 4.78 is 0.939. The van der Waals surface area contributed by atoms with Gasteiger partial charge in [-0.2, -0.15) is 0 Å². The van der Waals surface area contributed by atoms with Crippen molar-refractivity contribution in [2.45, 2.75) is 0 Å². The second kappa shape index (κ2) is 4.55. The molecule has 0 spiro atoms. The summed E-state index contributed by atoms with van der Waals surface area (Å²) in [6.45, 7) is 0. The maximum Gasteiger partial charge on any atom is 0.211 e. The Morgan fingerprint density at radius 1 is 1.05 bits per heavy atom. The van der Waals surface area contributed by atoms with Crippen LogP contribution in [0.5, 0.6) is 0 Å². The number of anilines is 1. The molecular weight excluding hydrogens is 304 g/mol. The van der Waals surface area contributed by atoms with Crippen LogP contribution in [-0.2, 0) is 0 Å². The van der Waals surface area contributed by atoms with E-state index in [1.54, 1.807) is 12.1 Å². The molecule has 0 saturated heterocycles. The molecule has 1 aromatic heterocycles. The number of carbonyl (C=O) groups is 1. The lowest BCUT2D eigenvalue weighted by Crippen LogP contribution is -2.04. The Hall–Kier alpha value is -2.07. The number of hydrogen-bond acceptors (Lipinski definition) is 2. The number of H-pyrrole nitrogens is 1. The van der Waals surface area contributed by atoms with Gasteiger partial charge in [0, 0.05) is 20.9 Å². The van der Waals surface area contributed by atoms with Crippen LogP contribution in [0.3, 0.4) is 0 Å². The number of aromatic amines is 1. The van der Waals surface area contributed by atoms with E-state index < -0.39 is 0 Å². The standard InChI is InChI=1S/C15H11BrN2O/c16-10-7-5-9(6-8-10)15(19)14-13(17)11-3-1-2-4-12(11)18-14/h1-8,18H,17H2. The van der Waals surface area contributed by atoms with Gasteiger partial charge >= 0.3 is 0 Å². The van der Waals surface area contributed by atoms with Gasteiger partial charge in [0.1, 0.15) is 5.69 Å². The number of nitrogens with one attached hydrogen (secondary N) is 1. The molecule has 0 aliphatic heterocycles. The molecule has 0 amide bonds. The van der Waals surface area contributed by atoms with Crippen molar-refractivity contribution in [3.8, 4) is 0 Å². The third-order valence-corrected chi connectivity index (χ3v) is 3.61. The number of nitrogens with two attached hydrogens (primary N) is 1. The van der Waals surface area contributed by atoms with E-state index in [0.717, 1.165) is 15.4 Å². The SMILES string of the molecule is Nc1c(C(=O)c2ccc(Br)cc2)[nH]c2ccccc12. The molecule has 3 nitrogen and oxygen atoms in total. The summed E-state index contributed by atoms with van der Waals surface area (Å²) in [4.78, 5) is 15.5. The van der Waals surface area contributed by atoms with Crippen LogP contribution < -0.4 is 5.73 Å². The minimum Gasteiger partial charge on any atom is -0.396 e. The van der Waals surface area contributed by atoms with Crippen LogP contribution in [-0.4, -0.2) is 10.8 Å². The predicted octanol–water partition coefficient (Wildman–Crippen LogP) is 3.74. The fourth-order valence-corrected chi connectivity index (χ4v) is 2.35. The summed E-state index contributed by atoms with van der Waals surface area (Å²) >= 11 is 3.35. The molecule has 0 saturated carbocycles. The molecule has 0 bridgehead atoms. The highest BCUT2D eigenvalue weighted by Gasteiger charge is 2.16. The monoisotopic (exact) mass is 314 g/mol. The van der Waals surface area contributed by atoms with Gasteiger partial charge < -0.3 is 10.7 Å². The molecular formula is C15H11BrN2O. The Balaban J connectivity index is 2.11. The van der Waals surface area contributed by atoms with Gasteiger partial charge in [0.15, 0.2) is 0 Å². The zero-order chi connectivity index (χ0) is 13.4. The highest BCUT2D eigenvalue weighted by atomic mass is 79.9. The average molecular weight is 315 g/mol. The molecule has 19 heavy (non-hydrogen) atoms. The summed E-state index contributed by atoms with van der Waals surface area (Å²) in [5.74, 6) is -0.0961. The fraction of sp³-hybridized carbons (Fsp3) is 0. The number of halogens is 1. The van der Waals surface area contributed by atoms with E-state index in [4.69, 9.17) is 5.73 Å². The van der Waals surface area contributed by atoms with E-state index >= 15 is 0 Å². The lowest BCUT2D eigenvalue weighted by Gasteiger charge is -2.00. The summed E-state index contributed by atoms with van der Waals surface area (Å²) in [5.41, 5.74) is 8.48. The van der Waals surface area contributed by atoms with E-state index in [-0.39, 0.29) is 5.78 Å². The number of hydrogen-bond donors (Lipinski definition) is 2. The number of aromatic nitrogens is 1. The van der Waals surface area contributed by atoms with Crippen molar-refractivity contribution in [2.75, 3.05) is 5.73 Å². The molecule has 3 N–H and O–H groups in total.